The second-order valence-corrected chi connectivity index (χ2v) is 8.56. The molecule has 156 valence electrons. The summed E-state index contributed by atoms with van der Waals surface area (Å²) in [7, 11) is 0. The van der Waals surface area contributed by atoms with Crippen LogP contribution in [0.5, 0.6) is 0 Å². The molecule has 1 unspecified atom stereocenters. The number of carbonyl (C=O) groups is 2. The number of aromatic nitrogens is 2. The van der Waals surface area contributed by atoms with Crippen LogP contribution in [0.2, 0.25) is 0 Å². The average Bonchev–Trinajstić information content (AvgIpc) is 3.20. The van der Waals surface area contributed by atoms with Gasteiger partial charge in [0, 0.05) is 21.1 Å². The molecule has 2 aromatic heterocycles. The molecule has 0 saturated heterocycles. The van der Waals surface area contributed by atoms with E-state index in [4.69, 9.17) is 0 Å². The van der Waals surface area contributed by atoms with E-state index in [1.54, 1.807) is 55.5 Å². The van der Waals surface area contributed by atoms with Crippen LogP contribution in [0.15, 0.2) is 69.2 Å². The number of carboxylic acid groups (broad SMARTS) is 1. The largest absolute Gasteiger partial charge is 0.478 e. The van der Waals surface area contributed by atoms with Crippen molar-refractivity contribution < 1.29 is 14.7 Å². The van der Waals surface area contributed by atoms with Gasteiger partial charge in [-0.05, 0) is 31.2 Å². The Morgan fingerprint density at radius 1 is 1.13 bits per heavy atom. The second-order valence-electron chi connectivity index (χ2n) is 6.78. The minimum atomic E-state index is -1.21. The Labute approximate surface area is 189 Å². The van der Waals surface area contributed by atoms with Gasteiger partial charge in [0.1, 0.15) is 16.7 Å². The van der Waals surface area contributed by atoms with Gasteiger partial charge in [0.15, 0.2) is 0 Å². The van der Waals surface area contributed by atoms with Crippen LogP contribution in [0, 0.1) is 0 Å². The number of carboxylic acids is 1. The predicted octanol–water partition coefficient (Wildman–Crippen LogP) is 4.79. The fourth-order valence-electron chi connectivity index (χ4n) is 3.21. The quantitative estimate of drug-likeness (QED) is 0.412. The molecule has 7 nitrogen and oxygen atoms in total. The molecule has 2 heterocycles. The highest BCUT2D eigenvalue weighted by atomic mass is 79.9. The predicted molar refractivity (Wildman–Crippen MR) is 124 cm³/mol. The molecular weight excluding hydrogens is 482 g/mol. The summed E-state index contributed by atoms with van der Waals surface area (Å²) in [5.74, 6) is -1.33. The Kier molecular flexibility index (Phi) is 5.71. The lowest BCUT2D eigenvalue weighted by Crippen LogP contribution is -2.33. The van der Waals surface area contributed by atoms with E-state index in [2.05, 4.69) is 26.2 Å². The van der Waals surface area contributed by atoms with Crippen molar-refractivity contribution in [1.29, 1.82) is 0 Å². The van der Waals surface area contributed by atoms with Gasteiger partial charge in [0.25, 0.3) is 5.56 Å². The molecule has 0 saturated carbocycles. The summed E-state index contributed by atoms with van der Waals surface area (Å²) in [6, 6.07) is 15.1. The molecule has 0 radical (unpaired) electrons. The third-order valence-corrected chi connectivity index (χ3v) is 6.18. The summed E-state index contributed by atoms with van der Waals surface area (Å²) < 4.78 is 2.12. The molecule has 2 N–H and O–H groups in total. The van der Waals surface area contributed by atoms with Gasteiger partial charge < -0.3 is 10.4 Å². The maximum atomic E-state index is 13.4. The Balaban J connectivity index is 1.87. The number of halogens is 1. The lowest BCUT2D eigenvalue weighted by molar-refractivity contribution is -0.118. The van der Waals surface area contributed by atoms with E-state index < -0.39 is 23.5 Å². The summed E-state index contributed by atoms with van der Waals surface area (Å²) >= 11 is 4.43. The molecule has 0 spiro atoms. The minimum absolute atomic E-state index is 0.000438. The van der Waals surface area contributed by atoms with E-state index in [0.717, 1.165) is 15.8 Å². The number of fused-ring (bicyclic) bond motifs is 1. The number of rotatable bonds is 5. The van der Waals surface area contributed by atoms with Crippen molar-refractivity contribution >= 4 is 55.0 Å². The van der Waals surface area contributed by atoms with Gasteiger partial charge in [-0.1, -0.05) is 46.3 Å². The average molecular weight is 498 g/mol. The number of benzene rings is 2. The number of hydrogen-bond acceptors (Lipinski definition) is 5. The maximum absolute atomic E-state index is 13.4. The van der Waals surface area contributed by atoms with E-state index in [9.17, 15) is 19.5 Å². The topological polar surface area (TPSA) is 101 Å². The van der Waals surface area contributed by atoms with Gasteiger partial charge in [-0.2, -0.15) is 0 Å². The number of nitrogens with one attached hydrogen (secondary N) is 1. The Bertz CT molecular complexity index is 1350. The van der Waals surface area contributed by atoms with Crippen molar-refractivity contribution in [2.45, 2.75) is 13.0 Å². The first kappa shape index (κ1) is 21.0. The van der Waals surface area contributed by atoms with Gasteiger partial charge in [-0.3, -0.25) is 14.2 Å². The first-order valence-corrected chi connectivity index (χ1v) is 10.9. The van der Waals surface area contributed by atoms with Crippen LogP contribution in [0.25, 0.3) is 21.6 Å². The van der Waals surface area contributed by atoms with Crippen LogP contribution in [0.4, 0.5) is 5.69 Å². The monoisotopic (exact) mass is 497 g/mol. The third-order valence-electron chi connectivity index (χ3n) is 4.78. The summed E-state index contributed by atoms with van der Waals surface area (Å²) in [6.45, 7) is 1.59. The van der Waals surface area contributed by atoms with Crippen LogP contribution in [0.3, 0.4) is 0 Å². The maximum Gasteiger partial charge on any atom is 0.337 e. The first-order valence-electron chi connectivity index (χ1n) is 9.25. The van der Waals surface area contributed by atoms with Crippen molar-refractivity contribution in [2.75, 3.05) is 5.32 Å². The highest BCUT2D eigenvalue weighted by Crippen LogP contribution is 2.27. The van der Waals surface area contributed by atoms with Gasteiger partial charge in [-0.25, -0.2) is 9.78 Å². The van der Waals surface area contributed by atoms with Gasteiger partial charge in [0.05, 0.1) is 10.9 Å². The molecule has 0 aliphatic carbocycles. The second kappa shape index (κ2) is 8.44. The molecule has 1 atom stereocenters. The fourth-order valence-corrected chi connectivity index (χ4v) is 4.37. The summed E-state index contributed by atoms with van der Waals surface area (Å²) in [4.78, 5) is 42.9. The zero-order valence-electron chi connectivity index (χ0n) is 16.2. The van der Waals surface area contributed by atoms with Crippen LogP contribution in [0.1, 0.15) is 23.3 Å². The van der Waals surface area contributed by atoms with Crippen molar-refractivity contribution in [2.24, 2.45) is 0 Å². The number of thiophene rings is 1. The number of aromatic carboxylic acids is 1. The molecule has 0 aliphatic rings. The number of carbonyl (C=O) groups excluding carboxylic acids is 1. The Hall–Kier alpha value is -3.30. The lowest BCUT2D eigenvalue weighted by atomic mass is 10.1. The summed E-state index contributed by atoms with van der Waals surface area (Å²) in [6.07, 6.45) is 0. The highest BCUT2D eigenvalue weighted by molar-refractivity contribution is 9.10. The minimum Gasteiger partial charge on any atom is -0.478 e. The van der Waals surface area contributed by atoms with Gasteiger partial charge in [-0.15, -0.1) is 11.3 Å². The van der Waals surface area contributed by atoms with Crippen LogP contribution < -0.4 is 10.9 Å². The fraction of sp³-hybridized carbons (Fsp3) is 0.0909. The molecule has 4 aromatic rings. The van der Waals surface area contributed by atoms with E-state index in [0.29, 0.717) is 21.9 Å². The smallest absolute Gasteiger partial charge is 0.337 e. The van der Waals surface area contributed by atoms with Gasteiger partial charge >= 0.3 is 5.97 Å². The normalized spacial score (nSPS) is 11.9. The Morgan fingerprint density at radius 3 is 2.45 bits per heavy atom. The number of amides is 1. The highest BCUT2D eigenvalue weighted by Gasteiger charge is 2.26. The molecule has 0 fully saturated rings. The molecule has 2 aromatic carbocycles. The molecule has 9 heteroatoms. The van der Waals surface area contributed by atoms with Crippen molar-refractivity contribution in [1.82, 2.24) is 9.55 Å². The van der Waals surface area contributed by atoms with E-state index in [1.807, 2.05) is 6.07 Å². The van der Waals surface area contributed by atoms with Crippen molar-refractivity contribution in [3.63, 3.8) is 0 Å². The number of anilines is 1. The van der Waals surface area contributed by atoms with Crippen LogP contribution in [-0.2, 0) is 4.79 Å². The summed E-state index contributed by atoms with van der Waals surface area (Å²) in [5, 5.41) is 13.7. The zero-order chi connectivity index (χ0) is 22.1. The molecule has 0 aliphatic heterocycles. The summed E-state index contributed by atoms with van der Waals surface area (Å²) in [5.41, 5.74) is 0.535. The SMILES string of the molecule is CC(C(=O)Nc1ccc(Br)cc1)n1c(-c2ccccc2)nc2scc(C(=O)O)c2c1=O. The third kappa shape index (κ3) is 4.01. The molecule has 4 rings (SSSR count). The van der Waals surface area contributed by atoms with E-state index >= 15 is 0 Å². The van der Waals surface area contributed by atoms with Crippen molar-refractivity contribution in [3.8, 4) is 11.4 Å². The molecule has 0 bridgehead atoms. The van der Waals surface area contributed by atoms with E-state index in [1.165, 1.54) is 9.95 Å². The van der Waals surface area contributed by atoms with Gasteiger partial charge in [0.2, 0.25) is 5.91 Å². The molecular formula is C22H16BrN3O4S. The first-order chi connectivity index (χ1) is 14.9. The van der Waals surface area contributed by atoms with Crippen molar-refractivity contribution in [3.05, 3.63) is 80.4 Å². The standard InChI is InChI=1S/C22H16BrN3O4S/c1-12(19(27)24-15-9-7-14(23)8-10-15)26-18(13-5-3-2-4-6-13)25-20-17(21(26)28)16(11-31-20)22(29)30/h2-12H,1H3,(H,24,27)(H,29,30). The lowest BCUT2D eigenvalue weighted by Gasteiger charge is -2.19. The zero-order valence-corrected chi connectivity index (χ0v) is 18.6. The number of nitrogens with zero attached hydrogens (tertiary/aromatic N) is 2. The van der Waals surface area contributed by atoms with E-state index in [-0.39, 0.29) is 10.9 Å². The molecule has 31 heavy (non-hydrogen) atoms. The molecule has 1 amide bonds. The van der Waals surface area contributed by atoms with Crippen LogP contribution in [-0.4, -0.2) is 26.5 Å². The Morgan fingerprint density at radius 2 is 1.81 bits per heavy atom. The van der Waals surface area contributed by atoms with Crippen LogP contribution >= 0.6 is 27.3 Å². The number of hydrogen-bond donors (Lipinski definition) is 2.